The highest BCUT2D eigenvalue weighted by molar-refractivity contribution is 6.30. The van der Waals surface area contributed by atoms with Gasteiger partial charge in [0.25, 0.3) is 5.91 Å². The summed E-state index contributed by atoms with van der Waals surface area (Å²) in [5.41, 5.74) is 4.02. The molecule has 29 heavy (non-hydrogen) atoms. The molecule has 1 aliphatic carbocycles. The Bertz CT molecular complexity index is 955. The molecule has 1 unspecified atom stereocenters. The molecule has 1 aromatic heterocycles. The molecule has 0 spiro atoms. The molecule has 2 aromatic rings. The molecule has 0 radical (unpaired) electrons. The van der Waals surface area contributed by atoms with Crippen molar-refractivity contribution in [1.82, 2.24) is 9.88 Å². The van der Waals surface area contributed by atoms with E-state index >= 15 is 0 Å². The Balaban J connectivity index is 1.72. The quantitative estimate of drug-likeness (QED) is 0.793. The van der Waals surface area contributed by atoms with Gasteiger partial charge in [-0.15, -0.1) is 0 Å². The molecular weight excluding hydrogens is 386 g/mol. The van der Waals surface area contributed by atoms with Crippen LogP contribution < -0.4 is 10.2 Å². The van der Waals surface area contributed by atoms with E-state index < -0.39 is 6.04 Å². The first-order valence-corrected chi connectivity index (χ1v) is 10.7. The zero-order chi connectivity index (χ0) is 20.9. The second kappa shape index (κ2) is 7.52. The normalized spacial score (nSPS) is 24.0. The average molecular weight is 414 g/mol. The fourth-order valence-electron chi connectivity index (χ4n) is 4.75. The van der Waals surface area contributed by atoms with E-state index in [4.69, 9.17) is 11.6 Å². The molecule has 2 aliphatic rings. The van der Waals surface area contributed by atoms with Crippen molar-refractivity contribution < 1.29 is 9.59 Å². The van der Waals surface area contributed by atoms with Gasteiger partial charge < -0.3 is 9.88 Å². The highest BCUT2D eigenvalue weighted by atomic mass is 35.5. The highest BCUT2D eigenvalue weighted by Crippen LogP contribution is 2.42. The molecule has 154 valence electrons. The molecule has 5 nitrogen and oxygen atoms in total. The minimum absolute atomic E-state index is 0.0969. The van der Waals surface area contributed by atoms with Crippen LogP contribution in [-0.2, 0) is 11.8 Å². The molecule has 2 amide bonds. The van der Waals surface area contributed by atoms with Crippen LogP contribution in [0.1, 0.15) is 66.0 Å². The number of aromatic nitrogens is 1. The third-order valence-corrected chi connectivity index (χ3v) is 6.96. The van der Waals surface area contributed by atoms with E-state index in [1.807, 2.05) is 25.5 Å². The van der Waals surface area contributed by atoms with Crippen LogP contribution in [0.4, 0.5) is 5.69 Å². The first-order valence-electron chi connectivity index (χ1n) is 10.3. The fraction of sp³-hybridized carbons (Fsp3) is 0.478. The predicted octanol–water partition coefficient (Wildman–Crippen LogP) is 4.69. The van der Waals surface area contributed by atoms with Crippen LogP contribution in [0, 0.1) is 19.8 Å². The van der Waals surface area contributed by atoms with Gasteiger partial charge in [-0.25, -0.2) is 0 Å². The van der Waals surface area contributed by atoms with Crippen LogP contribution in [0.5, 0.6) is 0 Å². The molecule has 0 bridgehead atoms. The van der Waals surface area contributed by atoms with E-state index in [1.54, 1.807) is 29.2 Å². The molecule has 1 saturated carbocycles. The van der Waals surface area contributed by atoms with E-state index in [9.17, 15) is 9.59 Å². The van der Waals surface area contributed by atoms with E-state index in [0.29, 0.717) is 22.2 Å². The lowest BCUT2D eigenvalue weighted by Gasteiger charge is -2.31. The predicted molar refractivity (Wildman–Crippen MR) is 115 cm³/mol. The van der Waals surface area contributed by atoms with Crippen LogP contribution in [0.15, 0.2) is 24.3 Å². The Morgan fingerprint density at radius 2 is 1.69 bits per heavy atom. The van der Waals surface area contributed by atoms with Crippen LogP contribution in [0.25, 0.3) is 0 Å². The standard InChI is InChI=1S/C23H28ClN3O2/c1-13-5-9-17(10-6-13)25-22(28)21-19-14(2)26(4)15(3)20(19)23(29)27(21)18-11-7-16(24)8-12-18/h7-8,11-13,17,21H,5-6,9-10H2,1-4H3,(H,25,28). The Hall–Kier alpha value is -2.27. The summed E-state index contributed by atoms with van der Waals surface area (Å²) in [5.74, 6) is 0.494. The number of rotatable bonds is 3. The fourth-order valence-corrected chi connectivity index (χ4v) is 4.87. The van der Waals surface area contributed by atoms with Gasteiger partial charge in [0.15, 0.2) is 0 Å². The van der Waals surface area contributed by atoms with Gasteiger partial charge in [-0.05, 0) is 69.7 Å². The van der Waals surface area contributed by atoms with Crippen molar-refractivity contribution in [3.63, 3.8) is 0 Å². The zero-order valence-corrected chi connectivity index (χ0v) is 18.2. The van der Waals surface area contributed by atoms with Crippen LogP contribution in [0.3, 0.4) is 0 Å². The molecule has 1 atom stereocenters. The van der Waals surface area contributed by atoms with Gasteiger partial charge in [0, 0.05) is 40.8 Å². The Kier molecular flexibility index (Phi) is 5.19. The molecular formula is C23H28ClN3O2. The lowest BCUT2D eigenvalue weighted by molar-refractivity contribution is -0.123. The van der Waals surface area contributed by atoms with Crippen molar-refractivity contribution >= 4 is 29.1 Å². The number of halogens is 1. The van der Waals surface area contributed by atoms with Gasteiger partial charge in [-0.3, -0.25) is 14.5 Å². The molecule has 1 fully saturated rings. The molecule has 1 N–H and O–H groups in total. The summed E-state index contributed by atoms with van der Waals surface area (Å²) in [4.78, 5) is 28.5. The van der Waals surface area contributed by atoms with E-state index in [1.165, 1.54) is 0 Å². The molecule has 2 heterocycles. The summed E-state index contributed by atoms with van der Waals surface area (Å²) in [7, 11) is 1.94. The van der Waals surface area contributed by atoms with E-state index in [0.717, 1.165) is 42.6 Å². The molecule has 0 saturated heterocycles. The maximum atomic E-state index is 13.5. The number of carbonyl (C=O) groups is 2. The topological polar surface area (TPSA) is 54.3 Å². The molecule has 1 aromatic carbocycles. The van der Waals surface area contributed by atoms with Crippen molar-refractivity contribution in [1.29, 1.82) is 0 Å². The van der Waals surface area contributed by atoms with Crippen molar-refractivity contribution in [2.45, 2.75) is 58.5 Å². The van der Waals surface area contributed by atoms with Crippen LogP contribution in [0.2, 0.25) is 5.02 Å². The van der Waals surface area contributed by atoms with Gasteiger partial charge in [0.2, 0.25) is 5.91 Å². The molecule has 1 aliphatic heterocycles. The first-order chi connectivity index (χ1) is 13.8. The van der Waals surface area contributed by atoms with E-state index in [2.05, 4.69) is 12.2 Å². The number of nitrogens with zero attached hydrogens (tertiary/aromatic N) is 2. The second-order valence-electron chi connectivity index (χ2n) is 8.54. The average Bonchev–Trinajstić information content (AvgIpc) is 3.12. The van der Waals surface area contributed by atoms with Gasteiger partial charge in [0.05, 0.1) is 5.56 Å². The van der Waals surface area contributed by atoms with Gasteiger partial charge in [-0.2, -0.15) is 0 Å². The SMILES string of the molecule is Cc1c2c(c(C)n1C)C(C(=O)NC1CCC(C)CC1)N(c1ccc(Cl)cc1)C2=O. The Morgan fingerprint density at radius 3 is 2.31 bits per heavy atom. The van der Waals surface area contributed by atoms with E-state index in [-0.39, 0.29) is 17.9 Å². The van der Waals surface area contributed by atoms with Crippen molar-refractivity contribution in [2.24, 2.45) is 13.0 Å². The number of anilines is 1. The summed E-state index contributed by atoms with van der Waals surface area (Å²) < 4.78 is 2.00. The largest absolute Gasteiger partial charge is 0.351 e. The third kappa shape index (κ3) is 3.35. The monoisotopic (exact) mass is 413 g/mol. The second-order valence-corrected chi connectivity index (χ2v) is 8.97. The number of benzene rings is 1. The Labute approximate surface area is 177 Å². The summed E-state index contributed by atoms with van der Waals surface area (Å²) in [6.45, 7) is 6.18. The minimum Gasteiger partial charge on any atom is -0.351 e. The lowest BCUT2D eigenvalue weighted by Crippen LogP contribution is -2.45. The number of carbonyl (C=O) groups excluding carboxylic acids is 2. The maximum absolute atomic E-state index is 13.5. The summed E-state index contributed by atoms with van der Waals surface area (Å²) in [6, 6.07) is 6.64. The summed E-state index contributed by atoms with van der Waals surface area (Å²) >= 11 is 6.05. The maximum Gasteiger partial charge on any atom is 0.261 e. The lowest BCUT2D eigenvalue weighted by atomic mass is 9.87. The number of hydrogen-bond donors (Lipinski definition) is 1. The van der Waals surface area contributed by atoms with Crippen molar-refractivity contribution in [3.05, 3.63) is 51.8 Å². The molecule has 4 rings (SSSR count). The zero-order valence-electron chi connectivity index (χ0n) is 17.5. The van der Waals surface area contributed by atoms with Crippen molar-refractivity contribution in [2.75, 3.05) is 4.90 Å². The third-order valence-electron chi connectivity index (χ3n) is 6.71. The first kappa shape index (κ1) is 20.0. The van der Waals surface area contributed by atoms with Crippen LogP contribution >= 0.6 is 11.6 Å². The highest BCUT2D eigenvalue weighted by Gasteiger charge is 2.46. The number of nitrogens with one attached hydrogen (secondary N) is 1. The van der Waals surface area contributed by atoms with Gasteiger partial charge in [0.1, 0.15) is 6.04 Å². The number of amides is 2. The number of fused-ring (bicyclic) bond motifs is 1. The van der Waals surface area contributed by atoms with Crippen LogP contribution in [-0.4, -0.2) is 22.4 Å². The summed E-state index contributed by atoms with van der Waals surface area (Å²) in [5, 5.41) is 3.84. The van der Waals surface area contributed by atoms with Crippen molar-refractivity contribution in [3.8, 4) is 0 Å². The van der Waals surface area contributed by atoms with Gasteiger partial charge in [-0.1, -0.05) is 18.5 Å². The smallest absolute Gasteiger partial charge is 0.261 e. The van der Waals surface area contributed by atoms with Gasteiger partial charge >= 0.3 is 0 Å². The molecule has 6 heteroatoms. The summed E-state index contributed by atoms with van der Waals surface area (Å²) in [6.07, 6.45) is 4.25. The minimum atomic E-state index is -0.655. The Morgan fingerprint density at radius 1 is 1.07 bits per heavy atom. The number of hydrogen-bond acceptors (Lipinski definition) is 2.